The molecule has 1 N–H and O–H groups in total. The first-order valence-corrected chi connectivity index (χ1v) is 10.2. The molecule has 0 saturated carbocycles. The van der Waals surface area contributed by atoms with Crippen LogP contribution < -0.4 is 14.8 Å². The van der Waals surface area contributed by atoms with Crippen LogP contribution in [0.2, 0.25) is 0 Å². The number of ether oxygens (including phenoxy) is 2. The number of carbonyl (C=O) groups excluding carboxylic acids is 1. The number of hydrogen-bond acceptors (Lipinski definition) is 4. The van der Waals surface area contributed by atoms with Gasteiger partial charge in [0.2, 0.25) is 0 Å². The van der Waals surface area contributed by atoms with Crippen molar-refractivity contribution < 1.29 is 23.0 Å². The molecule has 0 fully saturated rings. The summed E-state index contributed by atoms with van der Waals surface area (Å²) >= 11 is 0. The Balaban J connectivity index is 1.54. The largest absolute Gasteiger partial charge is 0.497 e. The lowest BCUT2D eigenvalue weighted by molar-refractivity contribution is 0.0941. The average Bonchev–Trinajstić information content (AvgIpc) is 3.27. The first kappa shape index (κ1) is 22.0. The van der Waals surface area contributed by atoms with E-state index in [2.05, 4.69) is 10.4 Å². The van der Waals surface area contributed by atoms with E-state index < -0.39 is 5.91 Å². The molecule has 168 valence electrons. The lowest BCUT2D eigenvalue weighted by Crippen LogP contribution is -2.24. The van der Waals surface area contributed by atoms with Gasteiger partial charge >= 0.3 is 0 Å². The number of hydrogen-bond donors (Lipinski definition) is 1. The van der Waals surface area contributed by atoms with E-state index in [4.69, 9.17) is 9.47 Å². The number of nitrogens with zero attached hydrogens (tertiary/aromatic N) is 2. The molecule has 1 amide bonds. The first-order chi connectivity index (χ1) is 16.0. The minimum absolute atomic E-state index is 0.0787. The van der Waals surface area contributed by atoms with Crippen molar-refractivity contribution in [3.63, 3.8) is 0 Å². The summed E-state index contributed by atoms with van der Waals surface area (Å²) in [5.74, 6) is -0.186. The zero-order chi connectivity index (χ0) is 23.2. The van der Waals surface area contributed by atoms with Crippen molar-refractivity contribution in [3.05, 3.63) is 107 Å². The third-order valence-corrected chi connectivity index (χ3v) is 4.91. The van der Waals surface area contributed by atoms with Gasteiger partial charge in [-0.1, -0.05) is 24.3 Å². The van der Waals surface area contributed by atoms with E-state index in [1.165, 1.54) is 28.9 Å². The fourth-order valence-corrected chi connectivity index (χ4v) is 3.10. The second-order valence-corrected chi connectivity index (χ2v) is 7.21. The highest BCUT2D eigenvalue weighted by molar-refractivity contribution is 5.94. The molecule has 4 rings (SSSR count). The van der Waals surface area contributed by atoms with Gasteiger partial charge in [0, 0.05) is 6.54 Å². The van der Waals surface area contributed by atoms with Gasteiger partial charge < -0.3 is 14.8 Å². The molecule has 8 heteroatoms. The Labute approximate surface area is 189 Å². The molecular weight excluding hydrogens is 428 g/mol. The first-order valence-electron chi connectivity index (χ1n) is 10.2. The van der Waals surface area contributed by atoms with Crippen molar-refractivity contribution in [1.29, 1.82) is 0 Å². The minimum Gasteiger partial charge on any atom is -0.497 e. The Morgan fingerprint density at radius 2 is 1.52 bits per heavy atom. The van der Waals surface area contributed by atoms with Gasteiger partial charge in [-0.15, -0.1) is 0 Å². The predicted octanol–water partition coefficient (Wildman–Crippen LogP) is 4.67. The molecule has 0 aliphatic rings. The van der Waals surface area contributed by atoms with Crippen LogP contribution in [0.15, 0.2) is 79.0 Å². The van der Waals surface area contributed by atoms with Crippen LogP contribution in [0.25, 0.3) is 5.69 Å². The van der Waals surface area contributed by atoms with E-state index >= 15 is 0 Å². The number of carbonyl (C=O) groups is 1. The SMILES string of the molecule is COc1ccc(CNC(=O)c2nn(-c3ccc(F)cc3)cc2OCc2ccc(F)cc2)cc1. The minimum atomic E-state index is -0.430. The van der Waals surface area contributed by atoms with E-state index in [0.29, 0.717) is 5.69 Å². The molecule has 33 heavy (non-hydrogen) atoms. The third kappa shape index (κ3) is 5.54. The molecule has 0 bridgehead atoms. The molecule has 4 aromatic rings. The zero-order valence-electron chi connectivity index (χ0n) is 17.8. The van der Waals surface area contributed by atoms with Crippen LogP contribution in [0.1, 0.15) is 21.6 Å². The summed E-state index contributed by atoms with van der Waals surface area (Å²) < 4.78 is 38.9. The molecule has 0 aliphatic carbocycles. The van der Waals surface area contributed by atoms with Gasteiger partial charge in [0.05, 0.1) is 19.0 Å². The highest BCUT2D eigenvalue weighted by atomic mass is 19.1. The van der Waals surface area contributed by atoms with Crippen LogP contribution in [0.4, 0.5) is 8.78 Å². The lowest BCUT2D eigenvalue weighted by atomic mass is 10.2. The molecule has 0 unspecified atom stereocenters. The fourth-order valence-electron chi connectivity index (χ4n) is 3.10. The number of halogens is 2. The lowest BCUT2D eigenvalue weighted by Gasteiger charge is -2.08. The second-order valence-electron chi connectivity index (χ2n) is 7.21. The number of rotatable bonds is 8. The van der Waals surface area contributed by atoms with Crippen molar-refractivity contribution in [2.75, 3.05) is 7.11 Å². The molecular formula is C25H21F2N3O3. The van der Waals surface area contributed by atoms with Crippen LogP contribution in [-0.4, -0.2) is 22.8 Å². The smallest absolute Gasteiger partial charge is 0.275 e. The molecule has 0 atom stereocenters. The van der Waals surface area contributed by atoms with Crippen LogP contribution >= 0.6 is 0 Å². The van der Waals surface area contributed by atoms with E-state index in [9.17, 15) is 13.6 Å². The van der Waals surface area contributed by atoms with Crippen molar-refractivity contribution >= 4 is 5.91 Å². The van der Waals surface area contributed by atoms with Crippen LogP contribution in [0.5, 0.6) is 11.5 Å². The van der Waals surface area contributed by atoms with Gasteiger partial charge in [0.1, 0.15) is 24.0 Å². The normalized spacial score (nSPS) is 10.6. The Morgan fingerprint density at radius 1 is 0.909 bits per heavy atom. The van der Waals surface area contributed by atoms with Crippen LogP contribution in [0, 0.1) is 11.6 Å². The Kier molecular flexibility index (Phi) is 6.64. The fraction of sp³-hybridized carbons (Fsp3) is 0.120. The summed E-state index contributed by atoms with van der Waals surface area (Å²) in [6, 6.07) is 18.9. The molecule has 0 spiro atoms. The molecule has 0 radical (unpaired) electrons. The quantitative estimate of drug-likeness (QED) is 0.425. The maximum Gasteiger partial charge on any atom is 0.275 e. The van der Waals surface area contributed by atoms with E-state index in [-0.39, 0.29) is 36.2 Å². The number of benzene rings is 3. The Morgan fingerprint density at radius 3 is 2.15 bits per heavy atom. The summed E-state index contributed by atoms with van der Waals surface area (Å²) in [6.45, 7) is 0.401. The molecule has 1 heterocycles. The van der Waals surface area contributed by atoms with E-state index in [1.807, 2.05) is 24.3 Å². The van der Waals surface area contributed by atoms with Crippen LogP contribution in [0.3, 0.4) is 0 Å². The summed E-state index contributed by atoms with van der Waals surface area (Å²) in [5, 5.41) is 7.18. The van der Waals surface area contributed by atoms with Crippen molar-refractivity contribution in [1.82, 2.24) is 15.1 Å². The van der Waals surface area contributed by atoms with Gasteiger partial charge in [-0.2, -0.15) is 5.10 Å². The highest BCUT2D eigenvalue weighted by Crippen LogP contribution is 2.22. The average molecular weight is 449 g/mol. The monoisotopic (exact) mass is 449 g/mol. The second kappa shape index (κ2) is 9.95. The summed E-state index contributed by atoms with van der Waals surface area (Å²) in [4.78, 5) is 12.9. The maximum absolute atomic E-state index is 13.3. The maximum atomic E-state index is 13.3. The molecule has 0 aliphatic heterocycles. The number of amides is 1. The van der Waals surface area contributed by atoms with Gasteiger partial charge in [-0.25, -0.2) is 13.5 Å². The van der Waals surface area contributed by atoms with Crippen LogP contribution in [-0.2, 0) is 13.2 Å². The predicted molar refractivity (Wildman–Crippen MR) is 118 cm³/mol. The zero-order valence-corrected chi connectivity index (χ0v) is 17.8. The highest BCUT2D eigenvalue weighted by Gasteiger charge is 2.19. The van der Waals surface area contributed by atoms with Gasteiger partial charge in [-0.3, -0.25) is 4.79 Å². The summed E-state index contributed by atoms with van der Waals surface area (Å²) in [5.41, 5.74) is 2.26. The molecule has 0 saturated heterocycles. The van der Waals surface area contributed by atoms with E-state index in [0.717, 1.165) is 16.9 Å². The Hall–Kier alpha value is -4.20. The van der Waals surface area contributed by atoms with Crippen molar-refractivity contribution in [3.8, 4) is 17.2 Å². The topological polar surface area (TPSA) is 65.4 Å². The van der Waals surface area contributed by atoms with Gasteiger partial charge in [0.15, 0.2) is 11.4 Å². The Bertz CT molecular complexity index is 1220. The van der Waals surface area contributed by atoms with Gasteiger partial charge in [0.25, 0.3) is 5.91 Å². The molecule has 6 nitrogen and oxygen atoms in total. The van der Waals surface area contributed by atoms with Crippen molar-refractivity contribution in [2.45, 2.75) is 13.2 Å². The van der Waals surface area contributed by atoms with Gasteiger partial charge in [-0.05, 0) is 59.7 Å². The molecule has 1 aromatic heterocycles. The standard InChI is InChI=1S/C25H21F2N3O3/c1-32-22-12-4-17(5-13-22)14-28-25(31)24-23(33-16-18-2-6-19(26)7-3-18)15-30(29-24)21-10-8-20(27)9-11-21/h2-13,15H,14,16H2,1H3,(H,28,31). The summed E-state index contributed by atoms with van der Waals surface area (Å²) in [6.07, 6.45) is 1.55. The third-order valence-electron chi connectivity index (χ3n) is 4.91. The number of aromatic nitrogens is 2. The number of nitrogens with one attached hydrogen (secondary N) is 1. The van der Waals surface area contributed by atoms with Crippen molar-refractivity contribution in [2.24, 2.45) is 0 Å². The number of methoxy groups -OCH3 is 1. The summed E-state index contributed by atoms with van der Waals surface area (Å²) in [7, 11) is 1.59. The molecule has 3 aromatic carbocycles. The van der Waals surface area contributed by atoms with E-state index in [1.54, 1.807) is 37.6 Å².